The van der Waals surface area contributed by atoms with Crippen LogP contribution in [0.25, 0.3) is 0 Å². The number of hydrogen-bond acceptors (Lipinski definition) is 5. The quantitative estimate of drug-likeness (QED) is 0.761. The van der Waals surface area contributed by atoms with E-state index in [0.717, 1.165) is 5.01 Å². The van der Waals surface area contributed by atoms with Gasteiger partial charge in [-0.1, -0.05) is 34.5 Å². The summed E-state index contributed by atoms with van der Waals surface area (Å²) in [6, 6.07) is 4.37. The van der Waals surface area contributed by atoms with Gasteiger partial charge in [-0.15, -0.1) is 10.2 Å². The molecule has 0 bridgehead atoms. The summed E-state index contributed by atoms with van der Waals surface area (Å²) < 4.78 is 5.24. The van der Waals surface area contributed by atoms with Crippen LogP contribution < -0.4 is 10.6 Å². The van der Waals surface area contributed by atoms with E-state index in [1.54, 1.807) is 18.2 Å². The lowest BCUT2D eigenvalue weighted by Gasteiger charge is -2.07. The van der Waals surface area contributed by atoms with Crippen LogP contribution in [0.2, 0.25) is 10.0 Å². The van der Waals surface area contributed by atoms with Gasteiger partial charge in [0.05, 0.1) is 17.3 Å². The van der Waals surface area contributed by atoms with Gasteiger partial charge in [-0.3, -0.25) is 5.32 Å². The maximum atomic E-state index is 11.9. The molecule has 1 aromatic heterocycles. The molecule has 0 saturated carbocycles. The van der Waals surface area contributed by atoms with Gasteiger partial charge in [-0.25, -0.2) is 4.79 Å². The lowest BCUT2D eigenvalue weighted by Crippen LogP contribution is -2.19. The Labute approximate surface area is 141 Å². The van der Waals surface area contributed by atoms with Gasteiger partial charge in [0.1, 0.15) is 5.01 Å². The highest BCUT2D eigenvalue weighted by Gasteiger charge is 2.10. The molecule has 0 aliphatic carbocycles. The minimum absolute atomic E-state index is 0.359. The van der Waals surface area contributed by atoms with Crippen molar-refractivity contribution in [3.05, 3.63) is 33.3 Å². The first-order valence-corrected chi connectivity index (χ1v) is 8.09. The number of aromatic nitrogens is 2. The molecule has 2 N–H and O–H groups in total. The van der Waals surface area contributed by atoms with E-state index in [1.165, 1.54) is 11.3 Å². The normalized spacial score (nSPS) is 10.5. The summed E-state index contributed by atoms with van der Waals surface area (Å²) in [6.07, 6.45) is 0.665. The molecule has 2 aromatic rings. The first-order chi connectivity index (χ1) is 10.6. The lowest BCUT2D eigenvalue weighted by molar-refractivity contribution is 0.150. The topological polar surface area (TPSA) is 76.1 Å². The van der Waals surface area contributed by atoms with Gasteiger partial charge in [0, 0.05) is 18.1 Å². The van der Waals surface area contributed by atoms with Crippen molar-refractivity contribution in [1.29, 1.82) is 0 Å². The maximum Gasteiger partial charge on any atom is 0.325 e. The number of carbonyl (C=O) groups excluding carboxylic acids is 1. The van der Waals surface area contributed by atoms with E-state index < -0.39 is 6.03 Å². The fourth-order valence-electron chi connectivity index (χ4n) is 1.55. The molecule has 6 nitrogen and oxygen atoms in total. The number of anilines is 2. The van der Waals surface area contributed by atoms with E-state index >= 15 is 0 Å². The third-order valence-corrected chi connectivity index (χ3v) is 3.98. The number of benzene rings is 1. The summed E-state index contributed by atoms with van der Waals surface area (Å²) in [6.45, 7) is 3.17. The summed E-state index contributed by atoms with van der Waals surface area (Å²) in [5.41, 5.74) is 0.463. The van der Waals surface area contributed by atoms with Crippen molar-refractivity contribution in [3.8, 4) is 0 Å². The van der Waals surface area contributed by atoms with Crippen molar-refractivity contribution in [2.75, 3.05) is 23.8 Å². The van der Waals surface area contributed by atoms with Gasteiger partial charge in [-0.2, -0.15) is 0 Å². The van der Waals surface area contributed by atoms with Crippen LogP contribution in [-0.4, -0.2) is 29.4 Å². The molecule has 1 heterocycles. The lowest BCUT2D eigenvalue weighted by atomic mass is 10.3. The van der Waals surface area contributed by atoms with Gasteiger partial charge in [0.2, 0.25) is 5.13 Å². The Kier molecular flexibility index (Phi) is 6.38. The molecule has 2 amide bonds. The van der Waals surface area contributed by atoms with Crippen molar-refractivity contribution in [2.24, 2.45) is 0 Å². The van der Waals surface area contributed by atoms with Crippen LogP contribution in [-0.2, 0) is 11.2 Å². The second-order valence-corrected chi connectivity index (χ2v) is 6.06. The second-order valence-electron chi connectivity index (χ2n) is 4.15. The van der Waals surface area contributed by atoms with Crippen molar-refractivity contribution < 1.29 is 9.53 Å². The van der Waals surface area contributed by atoms with Crippen LogP contribution >= 0.6 is 34.5 Å². The van der Waals surface area contributed by atoms with E-state index in [-0.39, 0.29) is 0 Å². The Bertz CT molecular complexity index is 651. The van der Waals surface area contributed by atoms with Gasteiger partial charge in [-0.05, 0) is 25.1 Å². The Morgan fingerprint density at radius 3 is 2.86 bits per heavy atom. The zero-order chi connectivity index (χ0) is 15.9. The third kappa shape index (κ3) is 5.10. The number of nitrogens with one attached hydrogen (secondary N) is 2. The van der Waals surface area contributed by atoms with E-state index in [2.05, 4.69) is 20.8 Å². The molecule has 0 atom stereocenters. The predicted octanol–water partition coefficient (Wildman–Crippen LogP) is 4.07. The fraction of sp³-hybridized carbons (Fsp3) is 0.308. The summed E-state index contributed by atoms with van der Waals surface area (Å²) in [7, 11) is 0. The van der Waals surface area contributed by atoms with E-state index in [0.29, 0.717) is 40.5 Å². The van der Waals surface area contributed by atoms with Crippen LogP contribution in [0.5, 0.6) is 0 Å². The standard InChI is InChI=1S/C13H14Cl2N4O2S/c1-2-21-6-5-11-18-19-13(22-11)17-12(20)16-10-4-3-8(14)7-9(10)15/h3-4,7H,2,5-6H2,1H3,(H2,16,17,19,20). The Morgan fingerprint density at radius 2 is 2.14 bits per heavy atom. The minimum Gasteiger partial charge on any atom is -0.381 e. The highest BCUT2D eigenvalue weighted by Crippen LogP contribution is 2.25. The van der Waals surface area contributed by atoms with Crippen LogP contribution in [0.1, 0.15) is 11.9 Å². The van der Waals surface area contributed by atoms with Gasteiger partial charge >= 0.3 is 6.03 Å². The average molecular weight is 361 g/mol. The van der Waals surface area contributed by atoms with Crippen LogP contribution in [0, 0.1) is 0 Å². The minimum atomic E-state index is -0.447. The number of urea groups is 1. The number of nitrogens with zero attached hydrogens (tertiary/aromatic N) is 2. The Balaban J connectivity index is 1.89. The van der Waals surface area contributed by atoms with Crippen molar-refractivity contribution >= 4 is 51.4 Å². The molecule has 0 spiro atoms. The number of rotatable bonds is 6. The fourth-order valence-corrected chi connectivity index (χ4v) is 2.72. The second kappa shape index (κ2) is 8.28. The van der Waals surface area contributed by atoms with E-state index in [9.17, 15) is 4.79 Å². The number of halogens is 2. The summed E-state index contributed by atoms with van der Waals surface area (Å²) in [5, 5.41) is 15.2. The molecule has 0 aliphatic heterocycles. The van der Waals surface area contributed by atoms with Gasteiger partial charge < -0.3 is 10.1 Å². The largest absolute Gasteiger partial charge is 0.381 e. The molecule has 1 aromatic carbocycles. The maximum absolute atomic E-state index is 11.9. The monoisotopic (exact) mass is 360 g/mol. The van der Waals surface area contributed by atoms with Gasteiger partial charge in [0.25, 0.3) is 0 Å². The molecule has 9 heteroatoms. The molecule has 0 fully saturated rings. The van der Waals surface area contributed by atoms with E-state index in [1.807, 2.05) is 6.92 Å². The molecule has 22 heavy (non-hydrogen) atoms. The van der Waals surface area contributed by atoms with Crippen molar-refractivity contribution in [3.63, 3.8) is 0 Å². The van der Waals surface area contributed by atoms with Crippen LogP contribution in [0.3, 0.4) is 0 Å². The molecule has 118 valence electrons. The third-order valence-electron chi connectivity index (χ3n) is 2.53. The molecule has 0 aliphatic rings. The SMILES string of the molecule is CCOCCc1nnc(NC(=O)Nc2ccc(Cl)cc2Cl)s1. The molecule has 2 rings (SSSR count). The molecular formula is C13H14Cl2N4O2S. The van der Waals surface area contributed by atoms with Crippen LogP contribution in [0.4, 0.5) is 15.6 Å². The zero-order valence-corrected chi connectivity index (χ0v) is 14.1. The first-order valence-electron chi connectivity index (χ1n) is 6.51. The first kappa shape index (κ1) is 17.0. The van der Waals surface area contributed by atoms with E-state index in [4.69, 9.17) is 27.9 Å². The number of hydrogen-bond donors (Lipinski definition) is 2. The van der Waals surface area contributed by atoms with Crippen molar-refractivity contribution in [2.45, 2.75) is 13.3 Å². The molecule has 0 radical (unpaired) electrons. The Morgan fingerprint density at radius 1 is 1.32 bits per heavy atom. The highest BCUT2D eigenvalue weighted by molar-refractivity contribution is 7.15. The van der Waals surface area contributed by atoms with Crippen LogP contribution in [0.15, 0.2) is 18.2 Å². The highest BCUT2D eigenvalue weighted by atomic mass is 35.5. The molecule has 0 saturated heterocycles. The summed E-state index contributed by atoms with van der Waals surface area (Å²) in [4.78, 5) is 11.9. The number of carbonyl (C=O) groups is 1. The molecular weight excluding hydrogens is 347 g/mol. The van der Waals surface area contributed by atoms with Crippen molar-refractivity contribution in [1.82, 2.24) is 10.2 Å². The molecule has 0 unspecified atom stereocenters. The summed E-state index contributed by atoms with van der Waals surface area (Å²) in [5.74, 6) is 0. The smallest absolute Gasteiger partial charge is 0.325 e. The summed E-state index contributed by atoms with van der Waals surface area (Å²) >= 11 is 13.1. The Hall–Kier alpha value is -1.41. The predicted molar refractivity (Wildman–Crippen MR) is 89.2 cm³/mol. The average Bonchev–Trinajstić information content (AvgIpc) is 2.90. The number of ether oxygens (including phenoxy) is 1. The van der Waals surface area contributed by atoms with Gasteiger partial charge in [0.15, 0.2) is 0 Å². The zero-order valence-electron chi connectivity index (χ0n) is 11.7. The number of amides is 2.